The van der Waals surface area contributed by atoms with Crippen molar-refractivity contribution in [2.45, 2.75) is 6.10 Å². The van der Waals surface area contributed by atoms with E-state index in [4.69, 9.17) is 0 Å². The molecule has 2 heterocycles. The van der Waals surface area contributed by atoms with Crippen LogP contribution in [0.1, 0.15) is 11.0 Å². The highest BCUT2D eigenvalue weighted by atomic mass is 32.1. The van der Waals surface area contributed by atoms with Crippen LogP contribution >= 0.6 is 11.3 Å². The van der Waals surface area contributed by atoms with Gasteiger partial charge in [-0.25, -0.2) is 0 Å². The second-order valence-electron chi connectivity index (χ2n) is 3.94. The number of anilines is 1. The van der Waals surface area contributed by atoms with E-state index in [9.17, 15) is 14.7 Å². The van der Waals surface area contributed by atoms with Crippen molar-refractivity contribution in [1.29, 1.82) is 0 Å². The number of amides is 2. The summed E-state index contributed by atoms with van der Waals surface area (Å²) in [7, 11) is 0. The average Bonchev–Trinajstić information content (AvgIpc) is 2.99. The predicted molar refractivity (Wildman–Crippen MR) is 75.2 cm³/mol. The number of aromatic nitrogens is 1. The fraction of sp³-hybridized carbons (Fsp3) is 0.154. The molecule has 0 aliphatic heterocycles. The van der Waals surface area contributed by atoms with Crippen LogP contribution in [-0.2, 0) is 9.59 Å². The van der Waals surface area contributed by atoms with Gasteiger partial charge in [-0.3, -0.25) is 14.6 Å². The number of thiophene rings is 1. The molecule has 0 saturated carbocycles. The molecule has 0 fully saturated rings. The van der Waals surface area contributed by atoms with Crippen molar-refractivity contribution >= 4 is 28.8 Å². The van der Waals surface area contributed by atoms with E-state index in [1.54, 1.807) is 30.5 Å². The molecule has 2 aromatic heterocycles. The minimum absolute atomic E-state index is 0.0141. The third kappa shape index (κ3) is 3.87. The minimum atomic E-state index is -0.815. The maximum Gasteiger partial charge on any atom is 0.313 e. The molecule has 0 unspecified atom stereocenters. The highest BCUT2D eigenvalue weighted by molar-refractivity contribution is 7.10. The molecule has 0 spiro atoms. The molecule has 0 aliphatic carbocycles. The number of hydrogen-bond acceptors (Lipinski definition) is 5. The summed E-state index contributed by atoms with van der Waals surface area (Å²) >= 11 is 1.38. The number of aliphatic hydroxyl groups excluding tert-OH is 1. The van der Waals surface area contributed by atoms with Gasteiger partial charge in [0.25, 0.3) is 0 Å². The van der Waals surface area contributed by atoms with Crippen LogP contribution in [0.4, 0.5) is 5.69 Å². The van der Waals surface area contributed by atoms with Gasteiger partial charge in [0.2, 0.25) is 0 Å². The lowest BCUT2D eigenvalue weighted by Gasteiger charge is -2.10. The van der Waals surface area contributed by atoms with Crippen LogP contribution < -0.4 is 10.6 Å². The van der Waals surface area contributed by atoms with Gasteiger partial charge in [0.1, 0.15) is 6.10 Å². The van der Waals surface area contributed by atoms with Gasteiger partial charge in [0, 0.05) is 17.6 Å². The van der Waals surface area contributed by atoms with E-state index in [0.29, 0.717) is 5.69 Å². The van der Waals surface area contributed by atoms with Crippen LogP contribution in [-0.4, -0.2) is 28.4 Å². The summed E-state index contributed by atoms with van der Waals surface area (Å²) in [5.41, 5.74) is 0.437. The summed E-state index contributed by atoms with van der Waals surface area (Å²) in [6.07, 6.45) is 2.18. The van der Waals surface area contributed by atoms with Crippen molar-refractivity contribution in [3.8, 4) is 0 Å². The fourth-order valence-corrected chi connectivity index (χ4v) is 2.19. The van der Waals surface area contributed by atoms with Crippen LogP contribution in [0.3, 0.4) is 0 Å². The topological polar surface area (TPSA) is 91.3 Å². The molecule has 20 heavy (non-hydrogen) atoms. The maximum absolute atomic E-state index is 11.6. The fourth-order valence-electron chi connectivity index (χ4n) is 1.48. The van der Waals surface area contributed by atoms with Gasteiger partial charge in [-0.2, -0.15) is 0 Å². The smallest absolute Gasteiger partial charge is 0.313 e. The Balaban J connectivity index is 1.81. The third-order valence-corrected chi connectivity index (χ3v) is 3.43. The Labute approximate surface area is 119 Å². The Bertz CT molecular complexity index is 572. The predicted octanol–water partition coefficient (Wildman–Crippen LogP) is 0.931. The Kier molecular flexibility index (Phi) is 4.80. The summed E-state index contributed by atoms with van der Waals surface area (Å²) in [5, 5.41) is 16.4. The zero-order valence-corrected chi connectivity index (χ0v) is 11.3. The van der Waals surface area contributed by atoms with Crippen LogP contribution in [0.5, 0.6) is 0 Å². The molecule has 1 atom stereocenters. The van der Waals surface area contributed by atoms with Crippen molar-refractivity contribution in [2.75, 3.05) is 11.9 Å². The molecule has 0 aliphatic rings. The standard InChI is InChI=1S/C13H13N3O3S/c17-10(11-4-2-6-20-11)8-15-12(18)13(19)16-9-3-1-5-14-7-9/h1-7,10,17H,8H2,(H,15,18)(H,16,19)/t10-/m1/s1. The molecule has 6 nitrogen and oxygen atoms in total. The van der Waals surface area contributed by atoms with Crippen molar-refractivity contribution in [2.24, 2.45) is 0 Å². The van der Waals surface area contributed by atoms with E-state index in [1.165, 1.54) is 17.5 Å². The van der Waals surface area contributed by atoms with E-state index >= 15 is 0 Å². The molecular weight excluding hydrogens is 278 g/mol. The second kappa shape index (κ2) is 6.78. The monoisotopic (exact) mass is 291 g/mol. The van der Waals surface area contributed by atoms with Gasteiger partial charge >= 0.3 is 11.8 Å². The SMILES string of the molecule is O=C(NC[C@@H](O)c1cccs1)C(=O)Nc1cccnc1. The first-order valence-electron chi connectivity index (χ1n) is 5.87. The third-order valence-electron chi connectivity index (χ3n) is 2.45. The zero-order chi connectivity index (χ0) is 14.4. The van der Waals surface area contributed by atoms with E-state index < -0.39 is 17.9 Å². The Morgan fingerprint density at radius 2 is 2.15 bits per heavy atom. The van der Waals surface area contributed by atoms with Crippen molar-refractivity contribution in [1.82, 2.24) is 10.3 Å². The van der Waals surface area contributed by atoms with Crippen LogP contribution in [0, 0.1) is 0 Å². The Morgan fingerprint density at radius 3 is 2.80 bits per heavy atom. The lowest BCUT2D eigenvalue weighted by Crippen LogP contribution is -2.37. The summed E-state index contributed by atoms with van der Waals surface area (Å²) < 4.78 is 0. The minimum Gasteiger partial charge on any atom is -0.386 e. The van der Waals surface area contributed by atoms with Gasteiger partial charge in [0.05, 0.1) is 11.9 Å². The van der Waals surface area contributed by atoms with Crippen LogP contribution in [0.2, 0.25) is 0 Å². The van der Waals surface area contributed by atoms with Gasteiger partial charge in [-0.1, -0.05) is 6.07 Å². The molecule has 7 heteroatoms. The number of pyridine rings is 1. The molecule has 0 saturated heterocycles. The van der Waals surface area contributed by atoms with Gasteiger partial charge in [-0.05, 0) is 23.6 Å². The van der Waals surface area contributed by atoms with E-state index in [1.807, 2.05) is 5.38 Å². The maximum atomic E-state index is 11.6. The Hall–Kier alpha value is -2.25. The largest absolute Gasteiger partial charge is 0.386 e. The van der Waals surface area contributed by atoms with Crippen molar-refractivity contribution in [3.63, 3.8) is 0 Å². The summed E-state index contributed by atoms with van der Waals surface area (Å²) in [6, 6.07) is 6.84. The lowest BCUT2D eigenvalue weighted by atomic mass is 10.3. The Morgan fingerprint density at radius 1 is 1.30 bits per heavy atom. The number of nitrogens with zero attached hydrogens (tertiary/aromatic N) is 1. The molecule has 0 aromatic carbocycles. The first-order valence-corrected chi connectivity index (χ1v) is 6.75. The average molecular weight is 291 g/mol. The number of carbonyl (C=O) groups excluding carboxylic acids is 2. The molecule has 2 aromatic rings. The van der Waals surface area contributed by atoms with Crippen molar-refractivity contribution < 1.29 is 14.7 Å². The number of aliphatic hydroxyl groups is 1. The number of rotatable bonds is 4. The quantitative estimate of drug-likeness (QED) is 0.731. The van der Waals surface area contributed by atoms with Crippen LogP contribution in [0.25, 0.3) is 0 Å². The normalized spacial score (nSPS) is 11.7. The molecule has 2 rings (SSSR count). The van der Waals surface area contributed by atoms with E-state index in [-0.39, 0.29) is 6.54 Å². The summed E-state index contributed by atoms with van der Waals surface area (Å²) in [4.78, 5) is 27.7. The van der Waals surface area contributed by atoms with E-state index in [2.05, 4.69) is 15.6 Å². The second-order valence-corrected chi connectivity index (χ2v) is 4.92. The highest BCUT2D eigenvalue weighted by Gasteiger charge is 2.16. The molecule has 3 N–H and O–H groups in total. The summed E-state index contributed by atoms with van der Waals surface area (Å²) in [5.74, 6) is -1.60. The highest BCUT2D eigenvalue weighted by Crippen LogP contribution is 2.17. The molecule has 0 radical (unpaired) electrons. The molecule has 104 valence electrons. The van der Waals surface area contributed by atoms with Crippen LogP contribution in [0.15, 0.2) is 42.0 Å². The van der Waals surface area contributed by atoms with Gasteiger partial charge in [0.15, 0.2) is 0 Å². The van der Waals surface area contributed by atoms with Gasteiger partial charge < -0.3 is 15.7 Å². The molecule has 0 bridgehead atoms. The molecular formula is C13H13N3O3S. The first kappa shape index (κ1) is 14.2. The zero-order valence-electron chi connectivity index (χ0n) is 10.4. The number of nitrogens with one attached hydrogen (secondary N) is 2. The lowest BCUT2D eigenvalue weighted by molar-refractivity contribution is -0.136. The van der Waals surface area contributed by atoms with E-state index in [0.717, 1.165) is 4.88 Å². The number of hydrogen-bond donors (Lipinski definition) is 3. The summed E-state index contributed by atoms with van der Waals surface area (Å²) in [6.45, 7) is -0.0141. The number of carbonyl (C=O) groups is 2. The van der Waals surface area contributed by atoms with Gasteiger partial charge in [-0.15, -0.1) is 11.3 Å². The van der Waals surface area contributed by atoms with Crippen molar-refractivity contribution in [3.05, 3.63) is 46.9 Å². The first-order chi connectivity index (χ1) is 9.66. The molecule has 2 amide bonds.